The number of ether oxygens (including phenoxy) is 1. The maximum atomic E-state index is 14.5. The van der Waals surface area contributed by atoms with Crippen LogP contribution < -0.4 is 11.4 Å². The molecule has 0 amide bonds. The molecule has 1 aliphatic rings. The molecule has 1 saturated heterocycles. The molecule has 118 valence electrons. The lowest BCUT2D eigenvalue weighted by molar-refractivity contribution is -0.0983. The molecule has 4 atom stereocenters. The molecule has 8 heteroatoms. The molecular weight excluding hydrogens is 287 g/mol. The largest absolute Gasteiger partial charge is 0.381 e. The van der Waals surface area contributed by atoms with E-state index in [2.05, 4.69) is 4.98 Å². The number of nitrogens with zero attached hydrogens (tertiary/aromatic N) is 2. The van der Waals surface area contributed by atoms with Gasteiger partial charge in [-0.2, -0.15) is 4.98 Å². The first-order valence-electron chi connectivity index (χ1n) is 6.78. The second kappa shape index (κ2) is 5.67. The average Bonchev–Trinajstić information content (AvgIpc) is 2.69. The van der Waals surface area contributed by atoms with E-state index in [0.29, 0.717) is 6.42 Å². The van der Waals surface area contributed by atoms with Crippen LogP contribution in [0.2, 0.25) is 0 Å². The van der Waals surface area contributed by atoms with Crippen LogP contribution in [0.15, 0.2) is 11.0 Å². The number of nitrogens with two attached hydrogens (primary N) is 1. The highest BCUT2D eigenvalue weighted by Crippen LogP contribution is 2.46. The standard InChI is InChI=1S/C13H18F3N3O2/c1-3-13(4-5-14)7(2)9(16)11(21-13)19-6-8(15)10(17)18-12(19)20/h6-7,9,11H,3-5H2,1-2H3,(H2,17,18,20)/t7-,9-,11+,13-/m0/s1. The molecule has 2 heterocycles. The molecule has 0 bridgehead atoms. The zero-order valence-electron chi connectivity index (χ0n) is 11.9. The number of alkyl halides is 2. The van der Waals surface area contributed by atoms with Crippen LogP contribution >= 0.6 is 0 Å². The van der Waals surface area contributed by atoms with Crippen LogP contribution in [0.1, 0.15) is 32.9 Å². The molecule has 5 nitrogen and oxygen atoms in total. The third-order valence-electron chi connectivity index (χ3n) is 4.26. The van der Waals surface area contributed by atoms with E-state index in [1.165, 1.54) is 0 Å². The van der Waals surface area contributed by atoms with Crippen molar-refractivity contribution in [3.05, 3.63) is 22.5 Å². The fourth-order valence-corrected chi connectivity index (χ4v) is 2.83. The van der Waals surface area contributed by atoms with E-state index in [4.69, 9.17) is 10.5 Å². The van der Waals surface area contributed by atoms with Crippen LogP contribution in [0, 0.1) is 11.7 Å². The molecule has 0 saturated carbocycles. The molecule has 0 unspecified atom stereocenters. The molecular formula is C13H18F3N3O2. The Bertz CT molecular complexity index is 580. The minimum Gasteiger partial charge on any atom is -0.381 e. The lowest BCUT2D eigenvalue weighted by Crippen LogP contribution is -2.35. The molecule has 0 aromatic carbocycles. The van der Waals surface area contributed by atoms with Crippen LogP contribution in [-0.4, -0.2) is 28.0 Å². The van der Waals surface area contributed by atoms with Crippen molar-refractivity contribution in [3.63, 3.8) is 0 Å². The van der Waals surface area contributed by atoms with Crippen molar-refractivity contribution in [3.8, 4) is 0 Å². The van der Waals surface area contributed by atoms with E-state index in [1.54, 1.807) is 13.8 Å². The van der Waals surface area contributed by atoms with Gasteiger partial charge in [0.15, 0.2) is 24.0 Å². The summed E-state index contributed by atoms with van der Waals surface area (Å²) in [5.41, 5.74) is 3.27. The van der Waals surface area contributed by atoms with E-state index in [0.717, 1.165) is 10.8 Å². The maximum Gasteiger partial charge on any atom is 0.351 e. The van der Waals surface area contributed by atoms with Crippen LogP contribution in [0.4, 0.5) is 19.0 Å². The highest BCUT2D eigenvalue weighted by atomic mass is 19.1. The molecule has 1 aliphatic heterocycles. The van der Waals surface area contributed by atoms with Gasteiger partial charge in [-0.1, -0.05) is 13.8 Å². The van der Waals surface area contributed by atoms with Gasteiger partial charge in [-0.3, -0.25) is 8.96 Å². The summed E-state index contributed by atoms with van der Waals surface area (Å²) in [4.78, 5) is 15.1. The topological polar surface area (TPSA) is 70.1 Å². The van der Waals surface area contributed by atoms with Crippen LogP contribution in [-0.2, 0) is 4.74 Å². The van der Waals surface area contributed by atoms with Crippen molar-refractivity contribution in [1.29, 1.82) is 0 Å². The smallest absolute Gasteiger partial charge is 0.351 e. The molecule has 1 aromatic heterocycles. The number of hydrogen-bond acceptors (Lipinski definition) is 4. The van der Waals surface area contributed by atoms with E-state index in [1.807, 2.05) is 0 Å². The highest BCUT2D eigenvalue weighted by molar-refractivity contribution is 5.26. The number of nitrogen functional groups attached to an aromatic ring is 1. The zero-order chi connectivity index (χ0) is 15.8. The normalized spacial score (nSPS) is 32.5. The van der Waals surface area contributed by atoms with Crippen LogP contribution in [0.5, 0.6) is 0 Å². The summed E-state index contributed by atoms with van der Waals surface area (Å²) in [5, 5.41) is 0. The Balaban J connectivity index is 2.42. The second-order valence-corrected chi connectivity index (χ2v) is 5.26. The predicted octanol–water partition coefficient (Wildman–Crippen LogP) is 1.98. The Kier molecular flexibility index (Phi) is 4.27. The Labute approximate surface area is 119 Å². The van der Waals surface area contributed by atoms with Gasteiger partial charge in [0.05, 0.1) is 18.5 Å². The van der Waals surface area contributed by atoms with Gasteiger partial charge in [-0.25, -0.2) is 13.6 Å². The number of anilines is 1. The quantitative estimate of drug-likeness (QED) is 0.923. The first kappa shape index (κ1) is 15.8. The Hall–Kier alpha value is -1.57. The molecule has 21 heavy (non-hydrogen) atoms. The monoisotopic (exact) mass is 305 g/mol. The molecule has 0 radical (unpaired) electrons. The molecule has 1 aromatic rings. The maximum absolute atomic E-state index is 14.5. The third kappa shape index (κ3) is 2.52. The SMILES string of the molecule is CC[C@@]1(CCF)O[C@@H](n2cc(F)c(N)nc2=O)[C@@H](F)[C@@H]1C. The van der Waals surface area contributed by atoms with Gasteiger partial charge in [0.1, 0.15) is 0 Å². The first-order valence-corrected chi connectivity index (χ1v) is 6.78. The number of hydrogen-bond donors (Lipinski definition) is 1. The zero-order valence-corrected chi connectivity index (χ0v) is 11.9. The Morgan fingerprint density at radius 3 is 2.81 bits per heavy atom. The lowest BCUT2D eigenvalue weighted by Gasteiger charge is -2.30. The summed E-state index contributed by atoms with van der Waals surface area (Å²) in [6, 6.07) is 0. The van der Waals surface area contributed by atoms with E-state index in [-0.39, 0.29) is 6.42 Å². The number of halogens is 3. The van der Waals surface area contributed by atoms with Gasteiger partial charge in [-0.05, 0) is 6.42 Å². The summed E-state index contributed by atoms with van der Waals surface area (Å²) < 4.78 is 47.1. The average molecular weight is 305 g/mol. The van der Waals surface area contributed by atoms with Crippen molar-refractivity contribution in [2.45, 2.75) is 44.7 Å². The van der Waals surface area contributed by atoms with E-state index in [9.17, 15) is 18.0 Å². The summed E-state index contributed by atoms with van der Waals surface area (Å²) in [6.45, 7) is 2.68. The minimum absolute atomic E-state index is 0.0151. The predicted molar refractivity (Wildman–Crippen MR) is 70.7 cm³/mol. The fraction of sp³-hybridized carbons (Fsp3) is 0.692. The van der Waals surface area contributed by atoms with Crippen molar-refractivity contribution in [2.75, 3.05) is 12.4 Å². The molecule has 1 fully saturated rings. The van der Waals surface area contributed by atoms with Crippen molar-refractivity contribution in [2.24, 2.45) is 5.92 Å². The number of rotatable bonds is 4. The Morgan fingerprint density at radius 2 is 2.24 bits per heavy atom. The molecule has 0 aliphatic carbocycles. The molecule has 2 rings (SSSR count). The fourth-order valence-electron chi connectivity index (χ4n) is 2.83. The summed E-state index contributed by atoms with van der Waals surface area (Å²) in [5.74, 6) is -2.11. The van der Waals surface area contributed by atoms with Gasteiger partial charge in [0.2, 0.25) is 0 Å². The van der Waals surface area contributed by atoms with Gasteiger partial charge >= 0.3 is 5.69 Å². The summed E-state index contributed by atoms with van der Waals surface area (Å²) >= 11 is 0. The molecule has 0 spiro atoms. The van der Waals surface area contributed by atoms with Gasteiger partial charge in [-0.15, -0.1) is 0 Å². The Morgan fingerprint density at radius 1 is 1.57 bits per heavy atom. The first-order chi connectivity index (χ1) is 9.86. The van der Waals surface area contributed by atoms with Gasteiger partial charge < -0.3 is 10.5 Å². The van der Waals surface area contributed by atoms with Crippen molar-refractivity contribution >= 4 is 5.82 Å². The number of aromatic nitrogens is 2. The molecule has 2 N–H and O–H groups in total. The lowest BCUT2D eigenvalue weighted by atomic mass is 9.83. The highest BCUT2D eigenvalue weighted by Gasteiger charge is 2.53. The summed E-state index contributed by atoms with van der Waals surface area (Å²) in [6.07, 6.45) is -1.73. The minimum atomic E-state index is -1.57. The van der Waals surface area contributed by atoms with Gasteiger partial charge in [0.25, 0.3) is 0 Å². The third-order valence-corrected chi connectivity index (χ3v) is 4.26. The van der Waals surface area contributed by atoms with Crippen LogP contribution in [0.25, 0.3) is 0 Å². The van der Waals surface area contributed by atoms with Crippen molar-refractivity contribution < 1.29 is 17.9 Å². The second-order valence-electron chi connectivity index (χ2n) is 5.26. The van der Waals surface area contributed by atoms with E-state index < -0.39 is 47.9 Å². The van der Waals surface area contributed by atoms with E-state index >= 15 is 0 Å². The van der Waals surface area contributed by atoms with Crippen molar-refractivity contribution in [1.82, 2.24) is 9.55 Å². The van der Waals surface area contributed by atoms with Crippen LogP contribution in [0.3, 0.4) is 0 Å². The van der Waals surface area contributed by atoms with Gasteiger partial charge in [0, 0.05) is 12.3 Å². The summed E-state index contributed by atoms with van der Waals surface area (Å²) in [7, 11) is 0.